The Kier molecular flexibility index (Phi) is 3.82. The monoisotopic (exact) mass is 282 g/mol. The standard InChI is InChI=1S/C8H14N2O5S2/c1-4-5-17(13,14)10-7(2)6-8(9-10)15-16(3,11)12/h6H,4-5H2,1-3H3. The highest BCUT2D eigenvalue weighted by Gasteiger charge is 2.19. The third kappa shape index (κ3) is 3.70. The first-order chi connectivity index (χ1) is 7.65. The molecule has 0 bridgehead atoms. The van der Waals surface area contributed by atoms with Crippen molar-refractivity contribution in [3.8, 4) is 5.88 Å². The summed E-state index contributed by atoms with van der Waals surface area (Å²) in [6, 6.07) is 1.26. The van der Waals surface area contributed by atoms with E-state index in [0.717, 1.165) is 10.3 Å². The van der Waals surface area contributed by atoms with Gasteiger partial charge in [0.15, 0.2) is 0 Å². The van der Waals surface area contributed by atoms with Crippen LogP contribution < -0.4 is 4.18 Å². The smallest absolute Gasteiger partial charge is 0.307 e. The molecule has 0 saturated heterocycles. The van der Waals surface area contributed by atoms with Crippen LogP contribution in [0, 0.1) is 6.92 Å². The first kappa shape index (κ1) is 14.0. The van der Waals surface area contributed by atoms with Gasteiger partial charge in [0.25, 0.3) is 15.9 Å². The molecule has 1 aromatic rings. The van der Waals surface area contributed by atoms with Gasteiger partial charge in [0.2, 0.25) is 0 Å². The molecule has 0 radical (unpaired) electrons. The highest BCUT2D eigenvalue weighted by atomic mass is 32.2. The Hall–Kier alpha value is -1.09. The molecule has 0 atom stereocenters. The maximum atomic E-state index is 11.7. The Morgan fingerprint density at radius 2 is 1.94 bits per heavy atom. The fourth-order valence-electron chi connectivity index (χ4n) is 1.25. The molecule has 0 N–H and O–H groups in total. The first-order valence-electron chi connectivity index (χ1n) is 4.85. The van der Waals surface area contributed by atoms with Crippen LogP contribution in [-0.2, 0) is 20.1 Å². The van der Waals surface area contributed by atoms with E-state index < -0.39 is 20.1 Å². The highest BCUT2D eigenvalue weighted by Crippen LogP contribution is 2.15. The van der Waals surface area contributed by atoms with Crippen LogP contribution in [0.25, 0.3) is 0 Å². The maximum Gasteiger partial charge on any atom is 0.307 e. The van der Waals surface area contributed by atoms with E-state index in [1.54, 1.807) is 6.92 Å². The molecule has 17 heavy (non-hydrogen) atoms. The van der Waals surface area contributed by atoms with Crippen molar-refractivity contribution in [2.24, 2.45) is 0 Å². The zero-order valence-electron chi connectivity index (χ0n) is 9.74. The van der Waals surface area contributed by atoms with E-state index >= 15 is 0 Å². The van der Waals surface area contributed by atoms with Gasteiger partial charge in [-0.1, -0.05) is 6.92 Å². The number of hydrogen-bond donors (Lipinski definition) is 0. The molecule has 0 unspecified atom stereocenters. The number of rotatable bonds is 5. The van der Waals surface area contributed by atoms with E-state index in [4.69, 9.17) is 0 Å². The summed E-state index contributed by atoms with van der Waals surface area (Å²) in [7, 11) is -7.25. The minimum Gasteiger partial charge on any atom is -0.360 e. The van der Waals surface area contributed by atoms with Crippen molar-refractivity contribution in [3.63, 3.8) is 0 Å². The summed E-state index contributed by atoms with van der Waals surface area (Å²) >= 11 is 0. The van der Waals surface area contributed by atoms with E-state index in [2.05, 4.69) is 9.28 Å². The van der Waals surface area contributed by atoms with Gasteiger partial charge in [-0.3, -0.25) is 0 Å². The molecule has 0 aliphatic carbocycles. The van der Waals surface area contributed by atoms with Crippen molar-refractivity contribution in [2.45, 2.75) is 20.3 Å². The molecule has 98 valence electrons. The van der Waals surface area contributed by atoms with Crippen LogP contribution in [0.3, 0.4) is 0 Å². The topological polar surface area (TPSA) is 95.3 Å². The van der Waals surface area contributed by atoms with Crippen LogP contribution in [0.15, 0.2) is 6.07 Å². The number of nitrogens with zero attached hydrogens (tertiary/aromatic N) is 2. The lowest BCUT2D eigenvalue weighted by atomic mass is 10.5. The molecule has 0 saturated carbocycles. The average Bonchev–Trinajstić information content (AvgIpc) is 2.43. The van der Waals surface area contributed by atoms with Gasteiger partial charge in [0.05, 0.1) is 17.7 Å². The molecule has 0 fully saturated rings. The molecule has 0 aromatic carbocycles. The minimum atomic E-state index is -3.71. The van der Waals surface area contributed by atoms with Crippen molar-refractivity contribution in [1.29, 1.82) is 0 Å². The molecule has 0 aliphatic heterocycles. The van der Waals surface area contributed by atoms with Crippen LogP contribution in [0.1, 0.15) is 19.0 Å². The predicted octanol–water partition coefficient (Wildman–Crippen LogP) is 0.118. The van der Waals surface area contributed by atoms with Gasteiger partial charge in [0.1, 0.15) is 0 Å². The van der Waals surface area contributed by atoms with Gasteiger partial charge in [0, 0.05) is 6.07 Å². The van der Waals surface area contributed by atoms with Crippen molar-refractivity contribution >= 4 is 20.1 Å². The Balaban J connectivity index is 3.14. The van der Waals surface area contributed by atoms with E-state index in [1.807, 2.05) is 0 Å². The second-order valence-corrected chi connectivity index (χ2v) is 7.06. The van der Waals surface area contributed by atoms with E-state index in [-0.39, 0.29) is 11.6 Å². The lowest BCUT2D eigenvalue weighted by Crippen LogP contribution is -2.19. The van der Waals surface area contributed by atoms with Crippen molar-refractivity contribution < 1.29 is 21.0 Å². The molecule has 9 heteroatoms. The molecule has 1 rings (SSSR count). The summed E-state index contributed by atoms with van der Waals surface area (Å²) in [6.07, 6.45) is 1.31. The minimum absolute atomic E-state index is 0.0617. The Labute approximate surface area is 101 Å². The third-order valence-electron chi connectivity index (χ3n) is 1.79. The van der Waals surface area contributed by atoms with Gasteiger partial charge in [-0.05, 0) is 13.3 Å². The molecule has 0 spiro atoms. The van der Waals surface area contributed by atoms with Gasteiger partial charge < -0.3 is 4.18 Å². The predicted molar refractivity (Wildman–Crippen MR) is 61.9 cm³/mol. The summed E-state index contributed by atoms with van der Waals surface area (Å²) in [5.74, 6) is -0.307. The van der Waals surface area contributed by atoms with Gasteiger partial charge >= 0.3 is 10.1 Å². The van der Waals surface area contributed by atoms with Gasteiger partial charge in [-0.2, -0.15) is 12.5 Å². The first-order valence-corrected chi connectivity index (χ1v) is 8.27. The van der Waals surface area contributed by atoms with Gasteiger partial charge in [-0.25, -0.2) is 8.42 Å². The molecular formula is C8H14N2O5S2. The Bertz CT molecular complexity index is 600. The van der Waals surface area contributed by atoms with Crippen molar-refractivity contribution in [3.05, 3.63) is 11.8 Å². The lowest BCUT2D eigenvalue weighted by Gasteiger charge is -2.03. The Morgan fingerprint density at radius 3 is 2.41 bits per heavy atom. The zero-order chi connectivity index (χ0) is 13.3. The van der Waals surface area contributed by atoms with Crippen LogP contribution >= 0.6 is 0 Å². The number of hydrogen-bond acceptors (Lipinski definition) is 6. The summed E-state index contributed by atoms with van der Waals surface area (Å²) in [5, 5.41) is 3.61. The normalized spacial score (nSPS) is 12.6. The van der Waals surface area contributed by atoms with Gasteiger partial charge in [-0.15, -0.1) is 5.10 Å². The highest BCUT2D eigenvalue weighted by molar-refractivity contribution is 7.89. The number of aromatic nitrogens is 2. The second-order valence-electron chi connectivity index (χ2n) is 3.57. The zero-order valence-corrected chi connectivity index (χ0v) is 11.4. The van der Waals surface area contributed by atoms with E-state index in [9.17, 15) is 16.8 Å². The van der Waals surface area contributed by atoms with Crippen molar-refractivity contribution in [1.82, 2.24) is 9.19 Å². The van der Waals surface area contributed by atoms with Crippen molar-refractivity contribution in [2.75, 3.05) is 12.0 Å². The molecule has 1 aromatic heterocycles. The fourth-order valence-corrected chi connectivity index (χ4v) is 3.03. The molecule has 7 nitrogen and oxygen atoms in total. The average molecular weight is 282 g/mol. The third-order valence-corrected chi connectivity index (χ3v) is 4.08. The molecular weight excluding hydrogens is 268 g/mol. The summed E-state index contributed by atoms with van der Waals surface area (Å²) < 4.78 is 50.5. The second kappa shape index (κ2) is 4.65. The number of aryl methyl sites for hydroxylation is 1. The SMILES string of the molecule is CCCS(=O)(=O)n1nc(OS(C)(=O)=O)cc1C. The van der Waals surface area contributed by atoms with Crippen LogP contribution in [0.5, 0.6) is 5.88 Å². The quantitative estimate of drug-likeness (QED) is 0.712. The van der Waals surface area contributed by atoms with Crippen LogP contribution in [-0.4, -0.2) is 38.0 Å². The molecule has 0 aliphatic rings. The summed E-state index contributed by atoms with van der Waals surface area (Å²) in [5.41, 5.74) is 0.303. The molecule has 1 heterocycles. The van der Waals surface area contributed by atoms with E-state index in [1.165, 1.54) is 13.0 Å². The lowest BCUT2D eigenvalue weighted by molar-refractivity contribution is 0.479. The van der Waals surface area contributed by atoms with Crippen LogP contribution in [0.2, 0.25) is 0 Å². The Morgan fingerprint density at radius 1 is 1.35 bits per heavy atom. The maximum absolute atomic E-state index is 11.7. The largest absolute Gasteiger partial charge is 0.360 e. The van der Waals surface area contributed by atoms with E-state index in [0.29, 0.717) is 12.1 Å². The summed E-state index contributed by atoms with van der Waals surface area (Å²) in [6.45, 7) is 3.24. The molecule has 0 amide bonds. The summed E-state index contributed by atoms with van der Waals surface area (Å²) in [4.78, 5) is 0. The fraction of sp³-hybridized carbons (Fsp3) is 0.625. The van der Waals surface area contributed by atoms with Crippen LogP contribution in [0.4, 0.5) is 0 Å².